The third-order valence-corrected chi connectivity index (χ3v) is 13.5. The highest BCUT2D eigenvalue weighted by Gasteiger charge is 2.30. The first kappa shape index (κ1) is 71.6. The lowest BCUT2D eigenvalue weighted by Gasteiger charge is -2.28. The summed E-state index contributed by atoms with van der Waals surface area (Å²) in [6.07, 6.45) is 21.8. The number of rotatable bonds is 54. The molecule has 0 aromatic carbocycles. The van der Waals surface area contributed by atoms with Crippen molar-refractivity contribution in [1.29, 1.82) is 0 Å². The van der Waals surface area contributed by atoms with E-state index in [1.54, 1.807) is 0 Å². The van der Waals surface area contributed by atoms with Crippen LogP contribution in [-0.4, -0.2) is 165 Å². The van der Waals surface area contributed by atoms with Crippen LogP contribution in [0.15, 0.2) is 0 Å². The average Bonchev–Trinajstić information content (AvgIpc) is 3.42. The van der Waals surface area contributed by atoms with Crippen molar-refractivity contribution in [1.82, 2.24) is 26.6 Å². The van der Waals surface area contributed by atoms with Gasteiger partial charge in [-0.05, 0) is 63.7 Å². The summed E-state index contributed by atoms with van der Waals surface area (Å²) in [5, 5.41) is 40.8. The molecule has 0 unspecified atom stereocenters. The van der Waals surface area contributed by atoms with Crippen LogP contribution >= 0.6 is 0 Å². The van der Waals surface area contributed by atoms with Crippen LogP contribution in [0, 0.1) is 11.8 Å². The molecule has 452 valence electrons. The second kappa shape index (κ2) is 48.5. The first-order valence-electron chi connectivity index (χ1n) is 29.0. The molecule has 1 aliphatic rings. The number of carbonyl (C=O) groups is 11. The lowest BCUT2D eigenvalue weighted by molar-refractivity contribution is -0.143. The van der Waals surface area contributed by atoms with E-state index < -0.39 is 66.0 Å². The van der Waals surface area contributed by atoms with Gasteiger partial charge in [-0.15, -0.1) is 0 Å². The Morgan fingerprint density at radius 1 is 0.456 bits per heavy atom. The number of carboxylic acids is 3. The SMILES string of the molecule is O=CCCC(=O)CNC(=O)COCCOCCCC(=O)COCCOCCNC(=O)[C@H](CCC(=O)O)NC(=O)CC[C@H](NC(=O)C1CCC(CNC(=O)CCCCCCCCCCCCCCCCCCC(=O)O)CC1)C(=O)O. The van der Waals surface area contributed by atoms with Crippen LogP contribution in [0.3, 0.4) is 0 Å². The second-order valence-electron chi connectivity index (χ2n) is 20.3. The number of aldehydes is 1. The van der Waals surface area contributed by atoms with Crippen molar-refractivity contribution in [3.8, 4) is 0 Å². The van der Waals surface area contributed by atoms with Crippen molar-refractivity contribution in [3.63, 3.8) is 0 Å². The number of carbonyl (C=O) groups excluding carboxylic acids is 8. The van der Waals surface area contributed by atoms with Gasteiger partial charge in [0.25, 0.3) is 0 Å². The van der Waals surface area contributed by atoms with Gasteiger partial charge in [0.2, 0.25) is 29.5 Å². The van der Waals surface area contributed by atoms with Gasteiger partial charge in [0, 0.05) is 70.6 Å². The maximum Gasteiger partial charge on any atom is 0.326 e. The smallest absolute Gasteiger partial charge is 0.326 e. The molecule has 1 aliphatic carbocycles. The highest BCUT2D eigenvalue weighted by atomic mass is 16.5. The normalized spacial score (nSPS) is 14.8. The second-order valence-corrected chi connectivity index (χ2v) is 20.3. The predicted molar refractivity (Wildman–Crippen MR) is 291 cm³/mol. The maximum atomic E-state index is 13.1. The molecule has 8 N–H and O–H groups in total. The molecule has 0 aromatic heterocycles. The zero-order valence-corrected chi connectivity index (χ0v) is 46.8. The van der Waals surface area contributed by atoms with E-state index in [4.69, 9.17) is 24.1 Å². The topological polar surface area (TPSA) is 346 Å². The summed E-state index contributed by atoms with van der Waals surface area (Å²) in [7, 11) is 0. The fourth-order valence-corrected chi connectivity index (χ4v) is 8.80. The fraction of sp³-hybridized carbons (Fsp3) is 0.804. The van der Waals surface area contributed by atoms with Crippen LogP contribution in [0.2, 0.25) is 0 Å². The molecule has 0 bridgehead atoms. The van der Waals surface area contributed by atoms with Gasteiger partial charge in [-0.3, -0.25) is 43.2 Å². The van der Waals surface area contributed by atoms with Gasteiger partial charge in [-0.25, -0.2) is 4.79 Å². The summed E-state index contributed by atoms with van der Waals surface area (Å²) in [4.78, 5) is 131. The number of hydrogen-bond donors (Lipinski definition) is 8. The van der Waals surface area contributed by atoms with Gasteiger partial charge < -0.3 is 65.6 Å². The number of amides is 5. The minimum absolute atomic E-state index is 0.0104. The number of hydrogen-bond acceptors (Lipinski definition) is 15. The molecule has 2 atom stereocenters. The van der Waals surface area contributed by atoms with Gasteiger partial charge in [0.15, 0.2) is 11.6 Å². The Hall–Kier alpha value is -5.39. The van der Waals surface area contributed by atoms with Crippen molar-refractivity contribution in [2.24, 2.45) is 11.8 Å². The van der Waals surface area contributed by atoms with E-state index >= 15 is 0 Å². The monoisotopic (exact) mass is 1130 g/mol. The van der Waals surface area contributed by atoms with Gasteiger partial charge in [-0.2, -0.15) is 0 Å². The van der Waals surface area contributed by atoms with Crippen LogP contribution in [0.4, 0.5) is 0 Å². The minimum Gasteiger partial charge on any atom is -0.481 e. The molecule has 5 amide bonds. The van der Waals surface area contributed by atoms with Crippen molar-refractivity contribution >= 4 is 65.3 Å². The Labute approximate surface area is 466 Å². The van der Waals surface area contributed by atoms with Gasteiger partial charge in [0.1, 0.15) is 31.6 Å². The van der Waals surface area contributed by atoms with Crippen molar-refractivity contribution in [2.45, 2.75) is 205 Å². The molecule has 0 heterocycles. The molecule has 1 saturated carbocycles. The predicted octanol–water partition coefficient (Wildman–Crippen LogP) is 4.91. The molecule has 1 fully saturated rings. The molecule has 23 heteroatoms. The Kier molecular flexibility index (Phi) is 44.0. The van der Waals surface area contributed by atoms with Gasteiger partial charge in [0.05, 0.1) is 39.6 Å². The highest BCUT2D eigenvalue weighted by molar-refractivity contribution is 5.89. The fourth-order valence-electron chi connectivity index (χ4n) is 8.80. The molecule has 0 aliphatic heterocycles. The van der Waals surface area contributed by atoms with Crippen LogP contribution < -0.4 is 26.6 Å². The van der Waals surface area contributed by atoms with Crippen molar-refractivity contribution in [2.75, 3.05) is 72.5 Å². The summed E-state index contributed by atoms with van der Waals surface area (Å²) in [6.45, 7) is 0.856. The average molecular weight is 1130 g/mol. The summed E-state index contributed by atoms with van der Waals surface area (Å²) in [5.41, 5.74) is 0. The Bertz CT molecular complexity index is 1780. The zero-order valence-electron chi connectivity index (χ0n) is 46.8. The Morgan fingerprint density at radius 2 is 0.987 bits per heavy atom. The summed E-state index contributed by atoms with van der Waals surface area (Å²) in [5.74, 6) is -6.06. The van der Waals surface area contributed by atoms with Crippen LogP contribution in [0.1, 0.15) is 193 Å². The number of carboxylic acid groups (broad SMARTS) is 3. The van der Waals surface area contributed by atoms with Gasteiger partial charge in [-0.1, -0.05) is 89.9 Å². The first-order chi connectivity index (χ1) is 38.1. The first-order valence-corrected chi connectivity index (χ1v) is 29.0. The molecular formula is C56H95N5O18. The lowest BCUT2D eigenvalue weighted by Crippen LogP contribution is -2.48. The molecule has 23 nitrogen and oxygen atoms in total. The maximum absolute atomic E-state index is 13.1. The van der Waals surface area contributed by atoms with Crippen molar-refractivity contribution in [3.05, 3.63) is 0 Å². The molecule has 0 radical (unpaired) electrons. The molecular weight excluding hydrogens is 1030 g/mol. The van der Waals surface area contributed by atoms with Crippen LogP contribution in [-0.2, 0) is 71.7 Å². The van der Waals surface area contributed by atoms with Gasteiger partial charge >= 0.3 is 17.9 Å². The standard InChI is InChI=1S/C56H95N5O18/c62-32-17-19-45(63)40-59-51(67)42-79-38-35-76-33-18-20-46(64)41-78-37-36-77-34-31-57-55(73)47(28-30-53(70)71)60-50(66)29-27-48(56(74)75)61-54(72)44-25-23-43(24-26-44)39-58-49(65)21-15-13-11-9-7-5-3-1-2-4-6-8-10-12-14-16-22-52(68)69/h32,43-44,47-48H,1-31,33-42H2,(H,57,73)(H,58,65)(H,59,67)(H,60,66)(H,61,72)(H,68,69)(H,70,71)(H,74,75)/t43?,44?,47-,48-/m0/s1. The number of aliphatic carboxylic acids is 3. The summed E-state index contributed by atoms with van der Waals surface area (Å²) >= 11 is 0. The quantitative estimate of drug-likeness (QED) is 0.0296. The highest BCUT2D eigenvalue weighted by Crippen LogP contribution is 2.29. The Balaban J connectivity index is 2.18. The summed E-state index contributed by atoms with van der Waals surface area (Å²) in [6, 6.07) is -2.60. The zero-order chi connectivity index (χ0) is 58.1. The third kappa shape index (κ3) is 43.1. The third-order valence-electron chi connectivity index (χ3n) is 13.5. The molecule has 0 saturated heterocycles. The number of nitrogens with one attached hydrogen (secondary N) is 5. The largest absolute Gasteiger partial charge is 0.481 e. The van der Waals surface area contributed by atoms with E-state index in [1.807, 2.05) is 0 Å². The van der Waals surface area contributed by atoms with E-state index in [0.717, 1.165) is 38.5 Å². The van der Waals surface area contributed by atoms with E-state index in [1.165, 1.54) is 64.2 Å². The minimum atomic E-state index is -1.37. The van der Waals surface area contributed by atoms with Crippen LogP contribution in [0.25, 0.3) is 0 Å². The number of ether oxygens (including phenoxy) is 4. The number of ketones is 2. The molecule has 1 rings (SSSR count). The van der Waals surface area contributed by atoms with E-state index in [0.29, 0.717) is 51.4 Å². The molecule has 0 aromatic rings. The Morgan fingerprint density at radius 3 is 1.56 bits per heavy atom. The number of unbranched alkanes of at least 4 members (excludes halogenated alkanes) is 15. The molecule has 0 spiro atoms. The van der Waals surface area contributed by atoms with E-state index in [9.17, 15) is 63.0 Å². The number of Topliss-reactive ketones (excluding diaryl/α,β-unsaturated/α-hetero) is 2. The van der Waals surface area contributed by atoms with E-state index in [2.05, 4.69) is 26.6 Å². The van der Waals surface area contributed by atoms with Crippen LogP contribution in [0.5, 0.6) is 0 Å². The van der Waals surface area contributed by atoms with Crippen molar-refractivity contribution < 1.29 is 87.0 Å². The molecule has 79 heavy (non-hydrogen) atoms. The van der Waals surface area contributed by atoms with E-state index in [-0.39, 0.29) is 134 Å². The summed E-state index contributed by atoms with van der Waals surface area (Å²) < 4.78 is 21.3. The lowest BCUT2D eigenvalue weighted by atomic mass is 9.81.